The van der Waals surface area contributed by atoms with Gasteiger partial charge in [0.25, 0.3) is 0 Å². The quantitative estimate of drug-likeness (QED) is 0.274. The summed E-state index contributed by atoms with van der Waals surface area (Å²) in [5.74, 6) is 0.0351. The third-order valence-electron chi connectivity index (χ3n) is 9.27. The van der Waals surface area contributed by atoms with Gasteiger partial charge in [-0.15, -0.1) is 0 Å². The number of carbonyl (C=O) groups is 3. The molecule has 1 atom stereocenters. The lowest BCUT2D eigenvalue weighted by Crippen LogP contribution is -2.72. The number of likely N-dealkylation sites (tertiary alicyclic amines) is 1. The number of nitrogens with zero attached hydrogens (tertiary/aromatic N) is 3. The van der Waals surface area contributed by atoms with Gasteiger partial charge in [-0.1, -0.05) is 79.7 Å². The maximum absolute atomic E-state index is 13.8. The highest BCUT2D eigenvalue weighted by Gasteiger charge is 2.53. The SMILES string of the molecule is CCCN1C(=O)[C@H](CCCCN(C(C)=O)c2cccc(-c3ccccc3)c2)NC(=O)C12CCN(CCc1ccccc1)CC2. The van der Waals surface area contributed by atoms with E-state index >= 15 is 0 Å². The van der Waals surface area contributed by atoms with Gasteiger partial charge in [0.2, 0.25) is 17.7 Å². The lowest BCUT2D eigenvalue weighted by atomic mass is 9.81. The van der Waals surface area contributed by atoms with Crippen LogP contribution in [0.4, 0.5) is 5.69 Å². The number of benzene rings is 3. The molecule has 7 heteroatoms. The van der Waals surface area contributed by atoms with Gasteiger partial charge in [-0.3, -0.25) is 14.4 Å². The van der Waals surface area contributed by atoms with E-state index in [0.717, 1.165) is 62.1 Å². The van der Waals surface area contributed by atoms with Crippen molar-refractivity contribution in [3.63, 3.8) is 0 Å². The summed E-state index contributed by atoms with van der Waals surface area (Å²) in [4.78, 5) is 46.2. The first-order valence-corrected chi connectivity index (χ1v) is 16.2. The minimum atomic E-state index is -0.748. The molecule has 1 N–H and O–H groups in total. The maximum Gasteiger partial charge on any atom is 0.246 e. The third kappa shape index (κ3) is 7.21. The Morgan fingerprint density at radius 3 is 2.25 bits per heavy atom. The van der Waals surface area contributed by atoms with Gasteiger partial charge in [-0.25, -0.2) is 0 Å². The van der Waals surface area contributed by atoms with Crippen LogP contribution in [-0.2, 0) is 20.8 Å². The molecular weight excluding hydrogens is 548 g/mol. The largest absolute Gasteiger partial charge is 0.342 e. The molecule has 3 amide bonds. The van der Waals surface area contributed by atoms with Crippen LogP contribution in [0.1, 0.15) is 57.9 Å². The fourth-order valence-electron chi connectivity index (χ4n) is 6.77. The molecule has 2 heterocycles. The molecule has 0 bridgehead atoms. The van der Waals surface area contributed by atoms with E-state index < -0.39 is 11.6 Å². The predicted molar refractivity (Wildman–Crippen MR) is 176 cm³/mol. The van der Waals surface area contributed by atoms with Crippen molar-refractivity contribution < 1.29 is 14.4 Å². The van der Waals surface area contributed by atoms with Crippen molar-refractivity contribution in [2.75, 3.05) is 37.6 Å². The molecule has 2 aliphatic heterocycles. The Morgan fingerprint density at radius 1 is 0.886 bits per heavy atom. The van der Waals surface area contributed by atoms with Crippen LogP contribution < -0.4 is 10.2 Å². The Balaban J connectivity index is 1.16. The number of hydrogen-bond donors (Lipinski definition) is 1. The molecule has 1 spiro atoms. The summed E-state index contributed by atoms with van der Waals surface area (Å²) in [7, 11) is 0. The second kappa shape index (κ2) is 14.7. The zero-order valence-corrected chi connectivity index (χ0v) is 26.2. The van der Waals surface area contributed by atoms with Crippen LogP contribution in [0.25, 0.3) is 11.1 Å². The molecule has 2 saturated heterocycles. The van der Waals surface area contributed by atoms with Gasteiger partial charge in [-0.05, 0) is 73.8 Å². The number of piperidine rings is 1. The Bertz CT molecular complexity index is 1400. The summed E-state index contributed by atoms with van der Waals surface area (Å²) in [6.07, 6.45) is 5.19. The van der Waals surface area contributed by atoms with Crippen LogP contribution in [0.5, 0.6) is 0 Å². The Morgan fingerprint density at radius 2 is 1.57 bits per heavy atom. The average molecular weight is 595 g/mol. The summed E-state index contributed by atoms with van der Waals surface area (Å²) in [6.45, 7) is 7.40. The second-order valence-corrected chi connectivity index (χ2v) is 12.2. The van der Waals surface area contributed by atoms with Crippen molar-refractivity contribution in [2.24, 2.45) is 0 Å². The van der Waals surface area contributed by atoms with Gasteiger partial charge in [0.1, 0.15) is 11.6 Å². The van der Waals surface area contributed by atoms with Gasteiger partial charge in [0.05, 0.1) is 0 Å². The highest BCUT2D eigenvalue weighted by Crippen LogP contribution is 2.34. The van der Waals surface area contributed by atoms with Crippen molar-refractivity contribution in [2.45, 2.75) is 70.4 Å². The molecule has 2 fully saturated rings. The molecule has 0 aromatic heterocycles. The number of amides is 3. The number of nitrogens with one attached hydrogen (secondary N) is 1. The number of anilines is 1. The minimum absolute atomic E-state index is 0.00125. The van der Waals surface area contributed by atoms with Crippen molar-refractivity contribution >= 4 is 23.4 Å². The summed E-state index contributed by atoms with van der Waals surface area (Å²) in [5, 5.41) is 3.13. The topological polar surface area (TPSA) is 73.0 Å². The van der Waals surface area contributed by atoms with Crippen molar-refractivity contribution in [1.82, 2.24) is 15.1 Å². The van der Waals surface area contributed by atoms with Gasteiger partial charge in [-0.2, -0.15) is 0 Å². The van der Waals surface area contributed by atoms with Gasteiger partial charge in [0.15, 0.2) is 0 Å². The minimum Gasteiger partial charge on any atom is -0.342 e. The molecule has 2 aliphatic rings. The van der Waals surface area contributed by atoms with Gasteiger partial charge >= 0.3 is 0 Å². The van der Waals surface area contributed by atoms with E-state index in [0.29, 0.717) is 32.4 Å². The Hall–Kier alpha value is -3.97. The number of hydrogen-bond acceptors (Lipinski definition) is 4. The second-order valence-electron chi connectivity index (χ2n) is 12.2. The first kappa shape index (κ1) is 31.5. The highest BCUT2D eigenvalue weighted by molar-refractivity contribution is 6.00. The molecule has 3 aromatic carbocycles. The van der Waals surface area contributed by atoms with E-state index in [1.165, 1.54) is 5.56 Å². The average Bonchev–Trinajstić information content (AvgIpc) is 3.06. The molecule has 5 rings (SSSR count). The lowest BCUT2D eigenvalue weighted by molar-refractivity contribution is -0.161. The Kier molecular flexibility index (Phi) is 10.5. The number of piperazine rings is 1. The van der Waals surface area contributed by atoms with E-state index in [1.54, 1.807) is 11.8 Å². The van der Waals surface area contributed by atoms with Crippen molar-refractivity contribution in [1.29, 1.82) is 0 Å². The standard InChI is InChI=1S/C37H46N4O3/c1-3-23-41-35(43)34(38-36(44)37(41)21-26-39(27-22-37)25-20-30-13-6-4-7-14-30)19-10-11-24-40(29(2)42)33-18-12-17-32(28-33)31-15-8-5-9-16-31/h4-9,12-18,28,34H,3,10-11,19-27H2,1-2H3,(H,38,44)/t34-/m0/s1. The number of unbranched alkanes of at least 4 members (excludes halogenated alkanes) is 1. The lowest BCUT2D eigenvalue weighted by Gasteiger charge is -2.51. The smallest absolute Gasteiger partial charge is 0.246 e. The molecule has 232 valence electrons. The number of carbonyl (C=O) groups excluding carboxylic acids is 3. The van der Waals surface area contributed by atoms with Crippen molar-refractivity contribution in [3.8, 4) is 11.1 Å². The maximum atomic E-state index is 13.8. The molecule has 7 nitrogen and oxygen atoms in total. The van der Waals surface area contributed by atoms with Crippen LogP contribution in [-0.4, -0.2) is 71.8 Å². The first-order valence-electron chi connectivity index (χ1n) is 16.2. The fourth-order valence-corrected chi connectivity index (χ4v) is 6.77. The number of rotatable bonds is 12. The van der Waals surface area contributed by atoms with E-state index in [9.17, 15) is 14.4 Å². The van der Waals surface area contributed by atoms with Crippen LogP contribution in [0.15, 0.2) is 84.9 Å². The van der Waals surface area contributed by atoms with Crippen LogP contribution in [0.2, 0.25) is 0 Å². The van der Waals surface area contributed by atoms with Crippen molar-refractivity contribution in [3.05, 3.63) is 90.5 Å². The summed E-state index contributed by atoms with van der Waals surface area (Å²) in [6, 6.07) is 28.2. The van der Waals surface area contributed by atoms with Gasteiger partial charge < -0.3 is 20.0 Å². The van der Waals surface area contributed by atoms with E-state index in [-0.39, 0.29) is 17.7 Å². The third-order valence-corrected chi connectivity index (χ3v) is 9.27. The highest BCUT2D eigenvalue weighted by atomic mass is 16.2. The molecule has 0 aliphatic carbocycles. The monoisotopic (exact) mass is 594 g/mol. The summed E-state index contributed by atoms with van der Waals surface area (Å²) >= 11 is 0. The molecule has 0 saturated carbocycles. The fraction of sp³-hybridized carbons (Fsp3) is 0.432. The molecular formula is C37H46N4O3. The molecule has 3 aromatic rings. The van der Waals surface area contributed by atoms with Gasteiger partial charge in [0, 0.05) is 45.3 Å². The molecule has 0 unspecified atom stereocenters. The predicted octanol–water partition coefficient (Wildman–Crippen LogP) is 5.69. The first-order chi connectivity index (χ1) is 21.4. The Labute approximate surface area is 262 Å². The summed E-state index contributed by atoms with van der Waals surface area (Å²) in [5.41, 5.74) is 3.61. The van der Waals surface area contributed by atoms with Crippen LogP contribution in [0.3, 0.4) is 0 Å². The zero-order valence-electron chi connectivity index (χ0n) is 26.2. The normalized spacial score (nSPS) is 18.3. The van der Waals surface area contributed by atoms with E-state index in [1.807, 2.05) is 41.3 Å². The summed E-state index contributed by atoms with van der Waals surface area (Å²) < 4.78 is 0. The van der Waals surface area contributed by atoms with E-state index in [2.05, 4.69) is 65.7 Å². The molecule has 0 radical (unpaired) electrons. The van der Waals surface area contributed by atoms with Crippen LogP contribution >= 0.6 is 0 Å². The van der Waals surface area contributed by atoms with E-state index in [4.69, 9.17) is 0 Å². The molecule has 44 heavy (non-hydrogen) atoms. The zero-order chi connectivity index (χ0) is 30.9. The van der Waals surface area contributed by atoms with Crippen LogP contribution in [0, 0.1) is 0 Å².